The van der Waals surface area contributed by atoms with Gasteiger partial charge in [0.15, 0.2) is 0 Å². The summed E-state index contributed by atoms with van der Waals surface area (Å²) in [6, 6.07) is 5.30. The van der Waals surface area contributed by atoms with Gasteiger partial charge in [0.25, 0.3) is 5.91 Å². The van der Waals surface area contributed by atoms with Crippen LogP contribution in [-0.4, -0.2) is 93.2 Å². The average molecular weight is 808 g/mol. The van der Waals surface area contributed by atoms with Crippen molar-refractivity contribution in [3.8, 4) is 5.88 Å². The Labute approximate surface area is 330 Å². The minimum absolute atomic E-state index is 0.0254. The zero-order valence-electron chi connectivity index (χ0n) is 31.9. The van der Waals surface area contributed by atoms with E-state index >= 15 is 0 Å². The minimum atomic E-state index is -3.90. The number of para-hydroxylation sites is 2. The second-order valence-corrected chi connectivity index (χ2v) is 19.0. The Hall–Kier alpha value is -4.64. The van der Waals surface area contributed by atoms with Crippen LogP contribution in [0, 0.1) is 5.92 Å². The first kappa shape index (κ1) is 39.6. The predicted molar refractivity (Wildman–Crippen MR) is 208 cm³/mol. The standard InChI is InChI=1S/C39H49N7O8S2/c1-38(2,3)54-37(50)43-30-14-8-6-4-5-7-11-24-22-39(24,36(49)45-56(51,52)26-15-16-26)44-33(47)31-21-25(23-46(31)35(30)48)53-34-29(17-18-32-40-19-20-55-32)41-27-12-9-10-13-28(27)42-34/h7,9-13,19-20,24-26,30-31H,4-6,8,14-18,21-23H2,1-3H3,(H,43,50)(H,44,47)(H,45,49)/b11-7-/t24-,25-,30+,31+,39-/m1/s1. The van der Waals surface area contributed by atoms with Crippen molar-refractivity contribution in [2.24, 2.45) is 5.92 Å². The molecule has 0 spiro atoms. The molecule has 2 aromatic heterocycles. The molecule has 15 nitrogen and oxygen atoms in total. The fraction of sp³-hybridized carbons (Fsp3) is 0.564. The third-order valence-electron chi connectivity index (χ3n) is 10.5. The molecule has 2 saturated carbocycles. The maximum absolute atomic E-state index is 14.6. The quantitative estimate of drug-likeness (QED) is 0.263. The molecule has 3 aromatic rings. The first-order valence-corrected chi connectivity index (χ1v) is 21.8. The Morgan fingerprint density at radius 2 is 1.82 bits per heavy atom. The van der Waals surface area contributed by atoms with E-state index in [2.05, 4.69) is 20.3 Å². The van der Waals surface area contributed by atoms with Crippen LogP contribution < -0.4 is 20.1 Å². The molecule has 300 valence electrons. The maximum atomic E-state index is 14.6. The van der Waals surface area contributed by atoms with Gasteiger partial charge in [-0.1, -0.05) is 37.1 Å². The number of sulfonamides is 1. The van der Waals surface area contributed by atoms with Gasteiger partial charge in [0, 0.05) is 36.8 Å². The first-order valence-electron chi connectivity index (χ1n) is 19.4. The van der Waals surface area contributed by atoms with E-state index in [4.69, 9.17) is 19.4 Å². The third-order valence-corrected chi connectivity index (χ3v) is 13.1. The number of alkyl carbamates (subject to hydrolysis) is 1. The molecular weight excluding hydrogens is 759 g/mol. The largest absolute Gasteiger partial charge is 0.471 e. The SMILES string of the molecule is CC(C)(C)OC(=O)N[C@H]1CCCCC/C=C\[C@@H]2C[C@@]2(C(=O)NS(=O)(=O)C2CC2)NC(=O)[C@@H]2C[C@@H](Oc3nc4ccccc4nc3CCc3nccs3)CN2C1=O. The molecule has 0 unspecified atom stereocenters. The third kappa shape index (κ3) is 9.31. The smallest absolute Gasteiger partial charge is 0.408 e. The molecule has 17 heteroatoms. The molecule has 7 rings (SSSR count). The average Bonchev–Trinajstić information content (AvgIpc) is 4.01. The molecule has 4 heterocycles. The zero-order chi connectivity index (χ0) is 39.7. The van der Waals surface area contributed by atoms with Crippen molar-refractivity contribution in [1.82, 2.24) is 35.2 Å². The van der Waals surface area contributed by atoms with Crippen LogP contribution in [0.3, 0.4) is 0 Å². The van der Waals surface area contributed by atoms with Gasteiger partial charge in [0.1, 0.15) is 35.0 Å². The monoisotopic (exact) mass is 807 g/mol. The number of carbonyl (C=O) groups excluding carboxylic acids is 4. The van der Waals surface area contributed by atoms with Gasteiger partial charge in [-0.2, -0.15) is 0 Å². The van der Waals surface area contributed by atoms with Crippen LogP contribution in [0.5, 0.6) is 5.88 Å². The molecule has 0 bridgehead atoms. The number of allylic oxidation sites excluding steroid dienone is 1. The van der Waals surface area contributed by atoms with Crippen LogP contribution in [0.4, 0.5) is 4.79 Å². The van der Waals surface area contributed by atoms with Crippen LogP contribution in [0.15, 0.2) is 48.0 Å². The molecule has 1 saturated heterocycles. The molecule has 0 radical (unpaired) electrons. The van der Waals surface area contributed by atoms with Crippen LogP contribution in [0.2, 0.25) is 0 Å². The van der Waals surface area contributed by atoms with Crippen molar-refractivity contribution >= 4 is 56.2 Å². The molecule has 4 aliphatic rings. The Balaban J connectivity index is 1.19. The van der Waals surface area contributed by atoms with Gasteiger partial charge in [0.2, 0.25) is 27.7 Å². The Bertz CT molecular complexity index is 2100. The van der Waals surface area contributed by atoms with Gasteiger partial charge < -0.3 is 25.0 Å². The molecule has 2 aliphatic carbocycles. The van der Waals surface area contributed by atoms with Crippen molar-refractivity contribution in [2.75, 3.05) is 6.54 Å². The highest BCUT2D eigenvalue weighted by Gasteiger charge is 2.62. The van der Waals surface area contributed by atoms with Crippen LogP contribution in [0.1, 0.15) is 89.3 Å². The van der Waals surface area contributed by atoms with Crippen molar-refractivity contribution in [1.29, 1.82) is 0 Å². The van der Waals surface area contributed by atoms with E-state index < -0.39 is 74.3 Å². The molecule has 5 atom stereocenters. The van der Waals surface area contributed by atoms with Crippen LogP contribution in [-0.2, 0) is 42.0 Å². The number of fused-ring (bicyclic) bond motifs is 3. The molecule has 4 amide bonds. The Kier molecular flexibility index (Phi) is 11.4. The highest BCUT2D eigenvalue weighted by Crippen LogP contribution is 2.46. The number of amides is 4. The van der Waals surface area contributed by atoms with E-state index in [0.29, 0.717) is 61.7 Å². The van der Waals surface area contributed by atoms with Gasteiger partial charge >= 0.3 is 6.09 Å². The number of nitrogens with zero attached hydrogens (tertiary/aromatic N) is 4. The number of carbonyl (C=O) groups is 4. The van der Waals surface area contributed by atoms with E-state index in [1.165, 1.54) is 16.2 Å². The molecule has 3 N–H and O–H groups in total. The Morgan fingerprint density at radius 3 is 2.54 bits per heavy atom. The number of thiazole rings is 1. The summed E-state index contributed by atoms with van der Waals surface area (Å²) in [5, 5.41) is 7.86. The number of rotatable bonds is 9. The van der Waals surface area contributed by atoms with E-state index in [1.54, 1.807) is 27.0 Å². The summed E-state index contributed by atoms with van der Waals surface area (Å²) in [4.78, 5) is 71.3. The van der Waals surface area contributed by atoms with E-state index in [9.17, 15) is 27.6 Å². The summed E-state index contributed by atoms with van der Waals surface area (Å²) >= 11 is 1.54. The first-order chi connectivity index (χ1) is 26.7. The van der Waals surface area contributed by atoms with E-state index in [-0.39, 0.29) is 25.3 Å². The highest BCUT2D eigenvalue weighted by molar-refractivity contribution is 7.91. The lowest BCUT2D eigenvalue weighted by molar-refractivity contribution is -0.141. The lowest BCUT2D eigenvalue weighted by Crippen LogP contribution is -2.58. The van der Waals surface area contributed by atoms with Gasteiger partial charge in [-0.3, -0.25) is 19.1 Å². The lowest BCUT2D eigenvalue weighted by atomic mass is 10.0. The van der Waals surface area contributed by atoms with Gasteiger partial charge in [-0.05, 0) is 71.4 Å². The number of hydrogen-bond acceptors (Lipinski definition) is 12. The summed E-state index contributed by atoms with van der Waals surface area (Å²) in [6.07, 6.45) is 9.53. The molecule has 3 fully saturated rings. The fourth-order valence-electron chi connectivity index (χ4n) is 7.33. The normalized spacial score (nSPS) is 26.5. The van der Waals surface area contributed by atoms with E-state index in [1.807, 2.05) is 41.8 Å². The number of benzene rings is 1. The number of aryl methyl sites for hydroxylation is 2. The van der Waals surface area contributed by atoms with Crippen molar-refractivity contribution < 1.29 is 37.1 Å². The lowest BCUT2D eigenvalue weighted by Gasteiger charge is -2.30. The summed E-state index contributed by atoms with van der Waals surface area (Å²) in [5.41, 5.74) is -0.409. The van der Waals surface area contributed by atoms with Crippen LogP contribution >= 0.6 is 11.3 Å². The number of nitrogens with one attached hydrogen (secondary N) is 3. The molecular formula is C39H49N7O8S2. The van der Waals surface area contributed by atoms with Crippen LogP contribution in [0.25, 0.3) is 11.0 Å². The zero-order valence-corrected chi connectivity index (χ0v) is 33.5. The summed E-state index contributed by atoms with van der Waals surface area (Å²) in [6.45, 7) is 5.17. The fourth-order valence-corrected chi connectivity index (χ4v) is 9.32. The topological polar surface area (TPSA) is 199 Å². The molecule has 2 aliphatic heterocycles. The second kappa shape index (κ2) is 16.1. The van der Waals surface area contributed by atoms with Crippen molar-refractivity contribution in [3.05, 3.63) is 58.7 Å². The highest BCUT2D eigenvalue weighted by atomic mass is 32.2. The Morgan fingerprint density at radius 1 is 1.05 bits per heavy atom. The van der Waals surface area contributed by atoms with Crippen molar-refractivity contribution in [3.63, 3.8) is 0 Å². The maximum Gasteiger partial charge on any atom is 0.408 e. The summed E-state index contributed by atoms with van der Waals surface area (Å²) in [5.74, 6) is -2.07. The van der Waals surface area contributed by atoms with Gasteiger partial charge in [0.05, 0.1) is 27.8 Å². The van der Waals surface area contributed by atoms with Gasteiger partial charge in [-0.25, -0.2) is 28.2 Å². The van der Waals surface area contributed by atoms with Crippen molar-refractivity contribution in [2.45, 2.75) is 126 Å². The second-order valence-electron chi connectivity index (χ2n) is 16.1. The summed E-state index contributed by atoms with van der Waals surface area (Å²) < 4.78 is 40.1. The van der Waals surface area contributed by atoms with E-state index in [0.717, 1.165) is 17.8 Å². The number of ether oxygens (including phenoxy) is 2. The number of hydrogen-bond donors (Lipinski definition) is 3. The molecule has 56 heavy (non-hydrogen) atoms. The summed E-state index contributed by atoms with van der Waals surface area (Å²) in [7, 11) is -3.90. The van der Waals surface area contributed by atoms with Gasteiger partial charge in [-0.15, -0.1) is 11.3 Å². The molecule has 1 aromatic carbocycles. The minimum Gasteiger partial charge on any atom is -0.471 e. The predicted octanol–water partition coefficient (Wildman–Crippen LogP) is 4.12. The number of aromatic nitrogens is 3.